The van der Waals surface area contributed by atoms with Crippen molar-refractivity contribution < 1.29 is 14.6 Å². The van der Waals surface area contributed by atoms with Crippen LogP contribution in [0.3, 0.4) is 0 Å². The second-order valence-electron chi connectivity index (χ2n) is 3.70. The quantitative estimate of drug-likeness (QED) is 0.776. The van der Waals surface area contributed by atoms with Gasteiger partial charge in [0.15, 0.2) is 6.10 Å². The third-order valence-electron chi connectivity index (χ3n) is 2.29. The number of hydrogen-bond donors (Lipinski definition) is 2. The van der Waals surface area contributed by atoms with E-state index in [1.54, 1.807) is 31.2 Å². The van der Waals surface area contributed by atoms with Gasteiger partial charge in [-0.15, -0.1) is 6.58 Å². The van der Waals surface area contributed by atoms with E-state index in [1.807, 2.05) is 0 Å². The first-order valence-corrected chi connectivity index (χ1v) is 5.90. The minimum atomic E-state index is -0.656. The van der Waals surface area contributed by atoms with Crippen LogP contribution in [0.1, 0.15) is 12.5 Å². The number of aliphatic hydroxyl groups is 1. The molecule has 1 aromatic carbocycles. The molecule has 0 heterocycles. The number of hydrogen-bond acceptors (Lipinski definition) is 3. The Balaban J connectivity index is 2.71. The minimum absolute atomic E-state index is 0.198. The molecule has 0 saturated carbocycles. The number of aliphatic hydroxyl groups excluding tert-OH is 1. The van der Waals surface area contributed by atoms with Crippen LogP contribution in [0.25, 0.3) is 0 Å². The Labute approximate surface area is 111 Å². The summed E-state index contributed by atoms with van der Waals surface area (Å²) in [4.78, 5) is 11.6. The van der Waals surface area contributed by atoms with Crippen LogP contribution in [0.4, 0.5) is 0 Å². The van der Waals surface area contributed by atoms with Crippen LogP contribution in [-0.4, -0.2) is 23.7 Å². The molecule has 1 unspecified atom stereocenters. The summed E-state index contributed by atoms with van der Waals surface area (Å²) >= 11 is 5.81. The number of ether oxygens (including phenoxy) is 1. The highest BCUT2D eigenvalue weighted by molar-refractivity contribution is 6.30. The fourth-order valence-electron chi connectivity index (χ4n) is 1.35. The molecule has 0 aliphatic rings. The number of carbonyl (C=O) groups is 1. The van der Waals surface area contributed by atoms with Crippen molar-refractivity contribution >= 4 is 17.5 Å². The Morgan fingerprint density at radius 2 is 2.39 bits per heavy atom. The van der Waals surface area contributed by atoms with Gasteiger partial charge in [0.05, 0.1) is 6.61 Å². The lowest BCUT2D eigenvalue weighted by molar-refractivity contribution is -0.127. The molecule has 5 heteroatoms. The predicted molar refractivity (Wildman–Crippen MR) is 70.7 cm³/mol. The smallest absolute Gasteiger partial charge is 0.261 e. The second kappa shape index (κ2) is 7.03. The lowest BCUT2D eigenvalue weighted by atomic mass is 10.2. The molecule has 1 amide bonds. The summed E-state index contributed by atoms with van der Waals surface area (Å²) in [5.74, 6) is 0.205. The first kappa shape index (κ1) is 14.5. The highest BCUT2D eigenvalue weighted by Gasteiger charge is 2.15. The fraction of sp³-hybridized carbons (Fsp3) is 0.308. The Kier molecular flexibility index (Phi) is 5.68. The lowest BCUT2D eigenvalue weighted by Gasteiger charge is -2.16. The Morgan fingerprint density at radius 3 is 3.00 bits per heavy atom. The van der Waals surface area contributed by atoms with Gasteiger partial charge in [-0.25, -0.2) is 0 Å². The van der Waals surface area contributed by atoms with Crippen LogP contribution < -0.4 is 10.1 Å². The van der Waals surface area contributed by atoms with Crippen LogP contribution in [0.2, 0.25) is 5.02 Å². The van der Waals surface area contributed by atoms with E-state index >= 15 is 0 Å². The normalized spacial score (nSPS) is 11.7. The summed E-state index contributed by atoms with van der Waals surface area (Å²) in [6, 6.07) is 4.88. The van der Waals surface area contributed by atoms with Crippen molar-refractivity contribution in [3.8, 4) is 5.75 Å². The van der Waals surface area contributed by atoms with E-state index in [1.165, 1.54) is 0 Å². The van der Waals surface area contributed by atoms with E-state index in [9.17, 15) is 9.90 Å². The zero-order chi connectivity index (χ0) is 13.5. The average molecular weight is 270 g/mol. The van der Waals surface area contributed by atoms with E-state index in [0.717, 1.165) is 0 Å². The number of nitrogens with one attached hydrogen (secondary N) is 1. The van der Waals surface area contributed by atoms with Gasteiger partial charge < -0.3 is 15.2 Å². The molecule has 0 aliphatic heterocycles. The number of benzene rings is 1. The van der Waals surface area contributed by atoms with Gasteiger partial charge in [-0.1, -0.05) is 17.7 Å². The number of amides is 1. The topological polar surface area (TPSA) is 58.6 Å². The lowest BCUT2D eigenvalue weighted by Crippen LogP contribution is -2.36. The van der Waals surface area contributed by atoms with Crippen molar-refractivity contribution in [1.29, 1.82) is 0 Å². The van der Waals surface area contributed by atoms with Gasteiger partial charge >= 0.3 is 0 Å². The third-order valence-corrected chi connectivity index (χ3v) is 2.52. The molecular weight excluding hydrogens is 254 g/mol. The molecular formula is C13H16ClNO3. The van der Waals surface area contributed by atoms with Gasteiger partial charge in [-0.2, -0.15) is 0 Å². The number of rotatable bonds is 6. The average Bonchev–Trinajstić information content (AvgIpc) is 2.37. The van der Waals surface area contributed by atoms with E-state index < -0.39 is 6.10 Å². The largest absolute Gasteiger partial charge is 0.481 e. The Bertz CT molecular complexity index is 434. The maximum absolute atomic E-state index is 11.6. The van der Waals surface area contributed by atoms with Crippen molar-refractivity contribution in [3.63, 3.8) is 0 Å². The SMILES string of the molecule is C=CCNC(=O)C(C)Oc1ccc(Cl)cc1CO. The molecule has 98 valence electrons. The van der Waals surface area contributed by atoms with Crippen LogP contribution in [0.15, 0.2) is 30.9 Å². The molecule has 2 N–H and O–H groups in total. The van der Waals surface area contributed by atoms with Gasteiger partial charge in [-0.05, 0) is 25.1 Å². The van der Waals surface area contributed by atoms with E-state index in [-0.39, 0.29) is 12.5 Å². The molecule has 18 heavy (non-hydrogen) atoms. The molecule has 0 spiro atoms. The van der Waals surface area contributed by atoms with Crippen molar-refractivity contribution in [2.45, 2.75) is 19.6 Å². The molecule has 0 aromatic heterocycles. The Morgan fingerprint density at radius 1 is 1.67 bits per heavy atom. The van der Waals surface area contributed by atoms with Crippen molar-refractivity contribution in [3.05, 3.63) is 41.4 Å². The maximum Gasteiger partial charge on any atom is 0.261 e. The first-order chi connectivity index (χ1) is 8.58. The number of halogens is 1. The van der Waals surface area contributed by atoms with Crippen LogP contribution in [-0.2, 0) is 11.4 Å². The van der Waals surface area contributed by atoms with Gasteiger partial charge in [0, 0.05) is 17.1 Å². The van der Waals surface area contributed by atoms with Crippen molar-refractivity contribution in [2.75, 3.05) is 6.54 Å². The molecule has 0 fully saturated rings. The third kappa shape index (κ3) is 4.05. The maximum atomic E-state index is 11.6. The van der Waals surface area contributed by atoms with E-state index in [2.05, 4.69) is 11.9 Å². The van der Waals surface area contributed by atoms with Gasteiger partial charge in [0.2, 0.25) is 0 Å². The zero-order valence-electron chi connectivity index (χ0n) is 10.1. The molecule has 1 aromatic rings. The van der Waals surface area contributed by atoms with Crippen molar-refractivity contribution in [2.24, 2.45) is 0 Å². The fourth-order valence-corrected chi connectivity index (χ4v) is 1.54. The van der Waals surface area contributed by atoms with Crippen LogP contribution >= 0.6 is 11.6 Å². The number of carbonyl (C=O) groups excluding carboxylic acids is 1. The first-order valence-electron chi connectivity index (χ1n) is 5.53. The van der Waals surface area contributed by atoms with E-state index in [4.69, 9.17) is 16.3 Å². The summed E-state index contributed by atoms with van der Waals surface area (Å²) in [5.41, 5.74) is 0.547. The van der Waals surface area contributed by atoms with E-state index in [0.29, 0.717) is 22.9 Å². The molecule has 0 saturated heterocycles. The molecule has 0 aliphatic carbocycles. The summed E-state index contributed by atoms with van der Waals surface area (Å²) in [6.07, 6.45) is 0.933. The standard InChI is InChI=1S/C13H16ClNO3/c1-3-6-15-13(17)9(2)18-12-5-4-11(14)7-10(12)8-16/h3-5,7,9,16H,1,6,8H2,2H3,(H,15,17). The summed E-state index contributed by atoms with van der Waals surface area (Å²) in [6.45, 7) is 5.33. The summed E-state index contributed by atoms with van der Waals surface area (Å²) < 4.78 is 5.49. The Hall–Kier alpha value is -1.52. The highest BCUT2D eigenvalue weighted by atomic mass is 35.5. The minimum Gasteiger partial charge on any atom is -0.481 e. The highest BCUT2D eigenvalue weighted by Crippen LogP contribution is 2.23. The zero-order valence-corrected chi connectivity index (χ0v) is 10.9. The summed E-state index contributed by atoms with van der Waals surface area (Å²) in [5, 5.41) is 12.3. The molecule has 1 rings (SSSR count). The molecule has 0 radical (unpaired) electrons. The molecule has 0 bridgehead atoms. The molecule has 4 nitrogen and oxygen atoms in total. The monoisotopic (exact) mass is 269 g/mol. The summed E-state index contributed by atoms with van der Waals surface area (Å²) in [7, 11) is 0. The second-order valence-corrected chi connectivity index (χ2v) is 4.14. The van der Waals surface area contributed by atoms with Crippen LogP contribution in [0, 0.1) is 0 Å². The van der Waals surface area contributed by atoms with Gasteiger partial charge in [-0.3, -0.25) is 4.79 Å². The predicted octanol–water partition coefficient (Wildman–Crippen LogP) is 1.90. The van der Waals surface area contributed by atoms with Crippen molar-refractivity contribution in [1.82, 2.24) is 5.32 Å². The van der Waals surface area contributed by atoms with Crippen LogP contribution in [0.5, 0.6) is 5.75 Å². The van der Waals surface area contributed by atoms with Gasteiger partial charge in [0.1, 0.15) is 5.75 Å². The van der Waals surface area contributed by atoms with Gasteiger partial charge in [0.25, 0.3) is 5.91 Å². The molecule has 1 atom stereocenters.